The summed E-state index contributed by atoms with van der Waals surface area (Å²) in [5.41, 5.74) is 8.21. The minimum Gasteiger partial charge on any atom is -0.300 e. The van der Waals surface area contributed by atoms with E-state index in [1.165, 1.54) is 11.1 Å². The van der Waals surface area contributed by atoms with Gasteiger partial charge in [-0.1, -0.05) is 49.9 Å². The number of rotatable bonds is 8. The molecule has 4 rings (SSSR count). The molecule has 0 saturated carbocycles. The Morgan fingerprint density at radius 3 is 1.87 bits per heavy atom. The first kappa shape index (κ1) is 29.0. The van der Waals surface area contributed by atoms with E-state index >= 15 is 0 Å². The van der Waals surface area contributed by atoms with E-state index in [0.29, 0.717) is 11.3 Å². The molecule has 2 aromatic heterocycles. The van der Waals surface area contributed by atoms with E-state index < -0.39 is 5.41 Å². The zero-order valence-corrected chi connectivity index (χ0v) is 24.5. The van der Waals surface area contributed by atoms with Gasteiger partial charge in [0.15, 0.2) is 0 Å². The molecule has 0 N–H and O–H groups in total. The fourth-order valence-electron chi connectivity index (χ4n) is 4.44. The molecule has 4 nitrogen and oxygen atoms in total. The number of nitriles is 1. The van der Waals surface area contributed by atoms with Crippen LogP contribution in [0.4, 0.5) is 5.69 Å². The molecule has 0 unspecified atom stereocenters. The molecular formula is C33H30N4Pt. The number of pyridine rings is 2. The third kappa shape index (κ3) is 6.45. The molecule has 192 valence electrons. The first-order valence-corrected chi connectivity index (χ1v) is 12.7. The van der Waals surface area contributed by atoms with Gasteiger partial charge in [-0.05, 0) is 55.8 Å². The maximum atomic E-state index is 9.39. The van der Waals surface area contributed by atoms with Gasteiger partial charge in [0.1, 0.15) is 5.69 Å². The normalized spacial score (nSPS) is 10.8. The van der Waals surface area contributed by atoms with Gasteiger partial charge in [-0.2, -0.15) is 11.3 Å². The molecule has 0 aliphatic rings. The Balaban J connectivity index is 0.00000400. The molecule has 0 radical (unpaired) electrons. The second-order valence-electron chi connectivity index (χ2n) is 9.79. The first-order chi connectivity index (χ1) is 17.9. The first-order valence-electron chi connectivity index (χ1n) is 12.7. The molecule has 38 heavy (non-hydrogen) atoms. The monoisotopic (exact) mass is 677 g/mol. The van der Waals surface area contributed by atoms with Crippen molar-refractivity contribution in [3.05, 3.63) is 112 Å². The Morgan fingerprint density at radius 1 is 0.842 bits per heavy atom. The van der Waals surface area contributed by atoms with Crippen LogP contribution in [0.25, 0.3) is 27.4 Å². The third-order valence-corrected chi connectivity index (χ3v) is 6.53. The summed E-state index contributed by atoms with van der Waals surface area (Å²) in [5.74, 6) is 0. The molecule has 0 amide bonds. The molecule has 4 aromatic rings. The predicted octanol–water partition coefficient (Wildman–Crippen LogP) is 8.06. The summed E-state index contributed by atoms with van der Waals surface area (Å²) < 4.78 is 0. The summed E-state index contributed by atoms with van der Waals surface area (Å²) >= 11 is 0. The third-order valence-electron chi connectivity index (χ3n) is 6.53. The van der Waals surface area contributed by atoms with Crippen LogP contribution in [0.2, 0.25) is 0 Å². The molecule has 0 saturated heterocycles. The van der Waals surface area contributed by atoms with Gasteiger partial charge in [-0.15, -0.1) is 53.6 Å². The van der Waals surface area contributed by atoms with Gasteiger partial charge in [-0.25, -0.2) is 0 Å². The maximum Gasteiger partial charge on any atom is 2.00 e. The Labute approximate surface area is 240 Å². The number of aromatic nitrogens is 2. The minimum absolute atomic E-state index is 0. The summed E-state index contributed by atoms with van der Waals surface area (Å²) in [6.07, 6.45) is 3.91. The number of hydrogen-bond acceptors (Lipinski definition) is 3. The van der Waals surface area contributed by atoms with Crippen molar-refractivity contribution in [1.82, 2.24) is 9.97 Å². The molecule has 5 heteroatoms. The second-order valence-corrected chi connectivity index (χ2v) is 9.79. The van der Waals surface area contributed by atoms with Gasteiger partial charge in [0, 0.05) is 16.8 Å². The van der Waals surface area contributed by atoms with Crippen molar-refractivity contribution in [3.8, 4) is 28.6 Å². The minimum atomic E-state index is -0.485. The van der Waals surface area contributed by atoms with Gasteiger partial charge < -0.3 is 9.97 Å². The summed E-state index contributed by atoms with van der Waals surface area (Å²) in [4.78, 5) is 13.8. The van der Waals surface area contributed by atoms with Crippen LogP contribution in [-0.4, -0.2) is 9.97 Å². The fraction of sp³-hybridized carbons (Fsp3) is 0.273. The number of hydrogen-bond donors (Lipinski definition) is 0. The SMILES string of the molecule is [C-]#[N+]c1cc[c-]c(-c2cc(CCC)cc(C(C)(C)c3cc(CCC)cc(-c4[c-]ccc(C#N)c4)n3)n2)c1.[Pt+2]. The van der Waals surface area contributed by atoms with E-state index in [4.69, 9.17) is 16.5 Å². The fourth-order valence-corrected chi connectivity index (χ4v) is 4.44. The van der Waals surface area contributed by atoms with E-state index in [9.17, 15) is 5.26 Å². The quantitative estimate of drug-likeness (QED) is 0.177. The van der Waals surface area contributed by atoms with Crippen LogP contribution in [0, 0.1) is 30.0 Å². The van der Waals surface area contributed by atoms with Crippen LogP contribution in [-0.2, 0) is 39.3 Å². The Morgan fingerprint density at radius 2 is 1.37 bits per heavy atom. The van der Waals surface area contributed by atoms with Crippen LogP contribution in [0.3, 0.4) is 0 Å². The Kier molecular flexibility index (Phi) is 9.74. The van der Waals surface area contributed by atoms with Crippen molar-refractivity contribution >= 4 is 5.69 Å². The Bertz CT molecular complexity index is 1400. The average Bonchev–Trinajstić information content (AvgIpc) is 2.93. The smallest absolute Gasteiger partial charge is 0.300 e. The molecular weight excluding hydrogens is 647 g/mol. The van der Waals surface area contributed by atoms with Gasteiger partial charge in [0.25, 0.3) is 0 Å². The molecule has 0 spiro atoms. The number of nitrogens with zero attached hydrogens (tertiary/aromatic N) is 4. The second kappa shape index (κ2) is 12.8. The van der Waals surface area contributed by atoms with Gasteiger partial charge in [0.2, 0.25) is 0 Å². The summed E-state index contributed by atoms with van der Waals surface area (Å²) in [6.45, 7) is 16.1. The van der Waals surface area contributed by atoms with Crippen molar-refractivity contribution < 1.29 is 21.1 Å². The number of aryl methyl sites for hydroxylation is 2. The van der Waals surface area contributed by atoms with Crippen LogP contribution >= 0.6 is 0 Å². The predicted molar refractivity (Wildman–Crippen MR) is 148 cm³/mol. The van der Waals surface area contributed by atoms with E-state index in [0.717, 1.165) is 59.6 Å². The van der Waals surface area contributed by atoms with Crippen molar-refractivity contribution in [3.63, 3.8) is 0 Å². The van der Waals surface area contributed by atoms with Crippen molar-refractivity contribution in [2.75, 3.05) is 0 Å². The van der Waals surface area contributed by atoms with Crippen LogP contribution in [0.1, 0.15) is 68.6 Å². The zero-order valence-electron chi connectivity index (χ0n) is 22.2. The van der Waals surface area contributed by atoms with Crippen molar-refractivity contribution in [1.29, 1.82) is 5.26 Å². The standard InChI is InChI=1S/C33H30N4.Pt/c1-6-10-23-17-29(26-13-8-12-25(16-26)22-34)36-31(19-23)33(3,4)32-20-24(11-7-2)18-30(37-32)27-14-9-15-28(21-27)35-5;/h8-9,12,15-21H,6-7,10-11H2,1-4H3;/q-2;+2. The molecule has 0 fully saturated rings. The summed E-state index contributed by atoms with van der Waals surface area (Å²) in [6, 6.07) is 28.1. The van der Waals surface area contributed by atoms with Gasteiger partial charge in [0.05, 0.1) is 12.6 Å². The van der Waals surface area contributed by atoms with Crippen LogP contribution in [0.5, 0.6) is 0 Å². The largest absolute Gasteiger partial charge is 2.00 e. The van der Waals surface area contributed by atoms with Gasteiger partial charge in [-0.3, -0.25) is 4.85 Å². The van der Waals surface area contributed by atoms with Crippen LogP contribution < -0.4 is 0 Å². The Hall–Kier alpha value is -3.59. The summed E-state index contributed by atoms with van der Waals surface area (Å²) in [5, 5.41) is 9.39. The topological polar surface area (TPSA) is 53.9 Å². The van der Waals surface area contributed by atoms with Gasteiger partial charge >= 0.3 is 21.1 Å². The summed E-state index contributed by atoms with van der Waals surface area (Å²) in [7, 11) is 0. The van der Waals surface area contributed by atoms with E-state index in [-0.39, 0.29) is 21.1 Å². The molecule has 0 aliphatic heterocycles. The molecule has 0 bridgehead atoms. The maximum absolute atomic E-state index is 9.39. The molecule has 2 heterocycles. The van der Waals surface area contributed by atoms with E-state index in [1.807, 2.05) is 12.1 Å². The van der Waals surface area contributed by atoms with Crippen LogP contribution in [0.15, 0.2) is 60.7 Å². The number of benzene rings is 2. The van der Waals surface area contributed by atoms with E-state index in [1.54, 1.807) is 24.3 Å². The molecule has 0 atom stereocenters. The zero-order chi connectivity index (χ0) is 26.4. The molecule has 0 aliphatic carbocycles. The average molecular weight is 678 g/mol. The van der Waals surface area contributed by atoms with Crippen molar-refractivity contribution in [2.45, 2.75) is 58.8 Å². The van der Waals surface area contributed by atoms with Crippen molar-refractivity contribution in [2.24, 2.45) is 0 Å². The molecule has 2 aromatic carbocycles. The van der Waals surface area contributed by atoms with E-state index in [2.05, 4.69) is 75.0 Å².